The Bertz CT molecular complexity index is 8960. The fourth-order valence-electron chi connectivity index (χ4n) is 14.2. The summed E-state index contributed by atoms with van der Waals surface area (Å²) in [5.41, 5.74) is 2.38. The molecule has 0 unspecified atom stereocenters. The minimum Gasteiger partial charge on any atom is -0.505 e. The minimum absolute atomic E-state index is 0.0214. The van der Waals surface area contributed by atoms with Crippen LogP contribution in [0.1, 0.15) is 52.6 Å². The van der Waals surface area contributed by atoms with Crippen molar-refractivity contribution in [1.29, 1.82) is 5.26 Å². The SMILES string of the molecule is [C-]#[N+]c1ccc(NC(=O)c2cc3ccccc3c(N=Nc3c([N+]#[C-])cnn3-c3ncccn3)c2O)nc1.[C-]#[N+]c1cnn(-c2ccccn2)c1N=Nc1c(O)c(C(=O)Nc2[nH]ncc2C#N)cc2ccccc12.[C-]#[N+]c1cnn(-c2ncccn2)c1N=Nc1c(O)c(C(=O)Nc2ccc(C)cc2)cc2ccccc12.[C-]#[N+]c1cnn(-c2ncccn2)c1N=Nc1c(O)c(C(=O)Nc2cccc([N+](=O)[O-])c2)cc2ccccc12. The number of phenols is 4. The molecule has 0 spiro atoms. The highest BCUT2D eigenvalue weighted by atomic mass is 16.6. The zero-order valence-corrected chi connectivity index (χ0v) is 75.3. The number of aromatic nitrogens is 18. The molecular weight excluding hydrogens is 1880 g/mol. The van der Waals surface area contributed by atoms with E-state index in [9.17, 15) is 49.7 Å². The van der Waals surface area contributed by atoms with Crippen molar-refractivity contribution in [2.75, 3.05) is 21.3 Å². The number of azo groups is 4. The van der Waals surface area contributed by atoms with Gasteiger partial charge in [-0.05, 0) is 107 Å². The highest BCUT2D eigenvalue weighted by Crippen LogP contribution is 2.47. The van der Waals surface area contributed by atoms with Crippen molar-refractivity contribution in [2.24, 2.45) is 40.9 Å². The molecule has 9 N–H and O–H groups in total. The van der Waals surface area contributed by atoms with Crippen molar-refractivity contribution in [3.63, 3.8) is 0 Å². The minimum atomic E-state index is -0.713. The van der Waals surface area contributed by atoms with Gasteiger partial charge >= 0.3 is 0 Å². The quantitative estimate of drug-likeness (QED) is 0.0140. The summed E-state index contributed by atoms with van der Waals surface area (Å²) in [6.45, 7) is 38.8. The molecule has 706 valence electrons. The van der Waals surface area contributed by atoms with Crippen molar-refractivity contribution in [2.45, 2.75) is 6.92 Å². The number of aryl methyl sites for hydroxylation is 1. The van der Waals surface area contributed by atoms with Crippen LogP contribution in [0.25, 0.3) is 91.0 Å². The predicted molar refractivity (Wildman–Crippen MR) is 533 cm³/mol. The van der Waals surface area contributed by atoms with Gasteiger partial charge in [0, 0.05) is 94.6 Å². The van der Waals surface area contributed by atoms with E-state index < -0.39 is 45.8 Å². The van der Waals surface area contributed by atoms with Gasteiger partial charge < -0.3 is 41.7 Å². The van der Waals surface area contributed by atoms with Crippen LogP contribution in [0.4, 0.5) is 103 Å². The zero-order valence-electron chi connectivity index (χ0n) is 75.3. The fraction of sp³-hybridized carbons (Fsp3) is 0.0100. The van der Waals surface area contributed by atoms with E-state index in [1.54, 1.807) is 146 Å². The van der Waals surface area contributed by atoms with Crippen molar-refractivity contribution < 1.29 is 44.5 Å². The number of fused-ring (bicyclic) bond motifs is 4. The van der Waals surface area contributed by atoms with Gasteiger partial charge in [-0.15, -0.1) is 40.9 Å². The van der Waals surface area contributed by atoms with E-state index in [1.807, 2.05) is 37.3 Å². The van der Waals surface area contributed by atoms with Crippen LogP contribution in [0.3, 0.4) is 0 Å². The summed E-state index contributed by atoms with van der Waals surface area (Å²) in [5, 5.41) is 136. The number of non-ortho nitro benzene ring substituents is 1. The smallest absolute Gasteiger partial charge is 0.271 e. The Hall–Kier alpha value is -23.3. The molecule has 4 amide bonds. The maximum atomic E-state index is 13.1. The molecule has 0 aliphatic carbocycles. The van der Waals surface area contributed by atoms with Gasteiger partial charge in [0.2, 0.25) is 5.69 Å². The number of phenolic OH excluding ortho intramolecular Hbond substituents is 4. The molecule has 47 heteroatoms. The summed E-state index contributed by atoms with van der Waals surface area (Å²) in [5.74, 6) is -2.60. The highest BCUT2D eigenvalue weighted by molar-refractivity contribution is 6.15. The largest absolute Gasteiger partial charge is 0.505 e. The van der Waals surface area contributed by atoms with Gasteiger partial charge in [0.25, 0.3) is 69.9 Å². The third-order valence-corrected chi connectivity index (χ3v) is 21.2. The average molecular weight is 1940 g/mol. The molecule has 0 bridgehead atoms. The van der Waals surface area contributed by atoms with Gasteiger partial charge in [-0.2, -0.15) is 44.8 Å². The van der Waals surface area contributed by atoms with Crippen LogP contribution < -0.4 is 21.3 Å². The van der Waals surface area contributed by atoms with E-state index in [2.05, 4.69) is 157 Å². The number of aromatic hydroxyl groups is 4. The standard InChI is InChI=1S/C26H18N8O2.C25H14N10O2.C25H15N9O4.C24H14N10O2/c1-16-8-10-18(11-9-16)31-25(36)20-14-17-6-3-4-7-19(17)22(23(20)35)32-33-24-21(27-2)15-30-34(24)26-28-12-5-13-29-26;1-26-16-8-9-20(30-13-16)32-24(37)18-12-15-6-3-4-7-17(15)21(22(18)36)33-34-23-19(27-2)14-31-35(23)25-28-10-5-11-29-25;1-26-20-14-29-33(25-27-10-5-11-28-25)23(20)32-31-21-18-9-3-2-6-15(18)12-19(22(21)35)24(36)30-16-7-4-8-17(13-16)34(37)38;1-26-18-13-29-34(19-8-4-5-9-27-19)23(18)33-31-20-16-7-3-2-6-14(16)10-17(21(20)35)24(36)30-22-15(11-25)12-28-32-22/h3-15,35H,1H3,(H,31,36);3-14,36H,(H,30,32,37);2-14,35H,(H,30,36);2-10,12-13,35H,(H2,28,30,32,36). The molecule has 10 aromatic heterocycles. The normalized spacial score (nSPS) is 10.9. The van der Waals surface area contributed by atoms with E-state index in [1.165, 1.54) is 148 Å². The summed E-state index contributed by atoms with van der Waals surface area (Å²) >= 11 is 0. The van der Waals surface area contributed by atoms with Gasteiger partial charge in [0.1, 0.15) is 46.0 Å². The topological polar surface area (TPSA) is 588 Å². The first-order valence-electron chi connectivity index (χ1n) is 42.7. The maximum absolute atomic E-state index is 13.1. The number of carbonyl (C=O) groups excluding carboxylic acids is 4. The molecule has 0 radical (unpaired) electrons. The number of H-pyrrole nitrogens is 1. The first-order valence-corrected chi connectivity index (χ1v) is 42.7. The Kier molecular flexibility index (Phi) is 28.1. The predicted octanol–water partition coefficient (Wildman–Crippen LogP) is 22.3. The van der Waals surface area contributed by atoms with Crippen molar-refractivity contribution in [3.8, 4) is 52.7 Å². The van der Waals surface area contributed by atoms with E-state index in [-0.39, 0.29) is 143 Å². The second-order valence-corrected chi connectivity index (χ2v) is 30.3. The molecule has 0 saturated carbocycles. The lowest BCUT2D eigenvalue weighted by Gasteiger charge is -2.11. The summed E-state index contributed by atoms with van der Waals surface area (Å²) < 4.78 is 5.12. The number of nitrogens with zero attached hydrogens (tertiary/aromatic N) is 32. The Labute approximate surface area is 825 Å². The number of hydrogen-bond acceptors (Lipinski definition) is 32. The van der Waals surface area contributed by atoms with E-state index in [0.717, 1.165) is 5.56 Å². The number of rotatable bonds is 21. The summed E-state index contributed by atoms with van der Waals surface area (Å²) in [6.07, 6.45) is 18.6. The van der Waals surface area contributed by atoms with Crippen LogP contribution in [0.5, 0.6) is 23.0 Å². The molecule has 147 heavy (non-hydrogen) atoms. The number of nitro groups is 1. The third kappa shape index (κ3) is 20.8. The molecule has 0 saturated heterocycles. The number of benzene rings is 10. The zero-order chi connectivity index (χ0) is 103. The van der Waals surface area contributed by atoms with E-state index >= 15 is 0 Å². The molecule has 0 aliphatic rings. The number of carbonyl (C=O) groups is 4. The third-order valence-electron chi connectivity index (χ3n) is 21.2. The van der Waals surface area contributed by atoms with E-state index in [0.29, 0.717) is 60.3 Å². The number of nitriles is 1. The van der Waals surface area contributed by atoms with Crippen LogP contribution in [0.2, 0.25) is 0 Å². The summed E-state index contributed by atoms with van der Waals surface area (Å²) in [7, 11) is 0. The van der Waals surface area contributed by atoms with Gasteiger partial charge in [-0.1, -0.05) is 133 Å². The first kappa shape index (κ1) is 95.4. The summed E-state index contributed by atoms with van der Waals surface area (Å²) in [6, 6.07) is 62.0. The number of amides is 4. The van der Waals surface area contributed by atoms with E-state index in [4.69, 9.17) is 38.1 Å². The molecular formula is C100H61N37O10. The van der Waals surface area contributed by atoms with Crippen molar-refractivity contribution >= 4 is 170 Å². The fourth-order valence-corrected chi connectivity index (χ4v) is 14.2. The molecule has 20 aromatic rings. The van der Waals surface area contributed by atoms with Crippen LogP contribution in [-0.2, 0) is 0 Å². The Morgan fingerprint density at radius 3 is 1.12 bits per heavy atom. The average Bonchev–Trinajstić information content (AvgIpc) is 1.57. The van der Waals surface area contributed by atoms with Gasteiger partial charge in [0.15, 0.2) is 52.1 Å². The molecule has 0 atom stereocenters. The first-order chi connectivity index (χ1) is 71.7. The number of nitrogens with one attached hydrogen (secondary N) is 5. The van der Waals surface area contributed by atoms with Gasteiger partial charge in [0.05, 0.1) is 91.0 Å². The second-order valence-electron chi connectivity index (χ2n) is 30.3. The van der Waals surface area contributed by atoms with Gasteiger partial charge in [-0.25, -0.2) is 63.8 Å². The molecule has 0 aliphatic heterocycles. The molecule has 0 fully saturated rings. The number of nitro benzene ring substituents is 1. The van der Waals surface area contributed by atoms with Crippen LogP contribution in [0.15, 0.2) is 340 Å². The van der Waals surface area contributed by atoms with Crippen molar-refractivity contribution in [3.05, 3.63) is 400 Å². The lowest BCUT2D eigenvalue weighted by molar-refractivity contribution is -0.384. The number of aromatic amines is 1. The number of hydrogen-bond donors (Lipinski definition) is 9. The number of pyridine rings is 2. The monoisotopic (exact) mass is 1940 g/mol. The second kappa shape index (κ2) is 43.3. The lowest BCUT2D eigenvalue weighted by atomic mass is 10.0. The lowest BCUT2D eigenvalue weighted by Crippen LogP contribution is -2.13. The highest BCUT2D eigenvalue weighted by Gasteiger charge is 2.28. The van der Waals surface area contributed by atoms with Gasteiger partial charge in [-0.3, -0.25) is 39.4 Å². The van der Waals surface area contributed by atoms with Crippen LogP contribution >= 0.6 is 0 Å². The summed E-state index contributed by atoms with van der Waals surface area (Å²) in [4.78, 5) is 113. The Morgan fingerprint density at radius 1 is 0.381 bits per heavy atom. The van der Waals surface area contributed by atoms with Crippen molar-refractivity contribution in [1.82, 2.24) is 89.2 Å². The number of anilines is 4. The molecule has 10 heterocycles. The molecule has 47 nitrogen and oxygen atoms in total. The maximum Gasteiger partial charge on any atom is 0.271 e. The molecule has 20 rings (SSSR count). The Balaban J connectivity index is 0.000000134. The Morgan fingerprint density at radius 2 is 0.748 bits per heavy atom. The molecule has 10 aromatic carbocycles. The van der Waals surface area contributed by atoms with Crippen LogP contribution in [-0.4, -0.2) is 138 Å². The van der Waals surface area contributed by atoms with Crippen LogP contribution in [0, 0.1) is 61.2 Å².